The van der Waals surface area contributed by atoms with Crippen molar-refractivity contribution in [1.29, 1.82) is 0 Å². The fourth-order valence-electron chi connectivity index (χ4n) is 11.2. The van der Waals surface area contributed by atoms with Gasteiger partial charge in [-0.15, -0.1) is 0 Å². The Labute approximate surface area is 472 Å². The lowest BCUT2D eigenvalue weighted by Gasteiger charge is -2.42. The second kappa shape index (κ2) is 24.7. The number of nitrogens with zero attached hydrogens (tertiary/aromatic N) is 6. The Balaban J connectivity index is 0.000000191. The molecule has 6 aromatic carbocycles. The van der Waals surface area contributed by atoms with Gasteiger partial charge in [0.15, 0.2) is 0 Å². The molecule has 2 unspecified atom stereocenters. The minimum Gasteiger partial charge on any atom is -0.444 e. The molecule has 3 heterocycles. The monoisotopic (exact) mass is 1080 g/mol. The van der Waals surface area contributed by atoms with Gasteiger partial charge >= 0.3 is 6.09 Å². The van der Waals surface area contributed by atoms with Crippen molar-refractivity contribution in [3.63, 3.8) is 0 Å². The minimum atomic E-state index is -0.912. The lowest BCUT2D eigenvalue weighted by Crippen LogP contribution is -2.63. The number of nitrogens with one attached hydrogen (secondary N) is 1. The van der Waals surface area contributed by atoms with Gasteiger partial charge in [0.1, 0.15) is 24.2 Å². The Hall–Kier alpha value is -7.74. The molecular weight excluding hydrogens is 999 g/mol. The van der Waals surface area contributed by atoms with Crippen LogP contribution < -0.4 is 15.1 Å². The second-order valence-electron chi connectivity index (χ2n) is 22.9. The number of hydrogen-bond acceptors (Lipinski definition) is 8. The standard InChI is InChI=1S/C38H44N4O5.C29H33N3O/c1-38(2,3)47-37(45)40-25-34(42(35(43)26-40)31-15-10-14-28(22-31)27-12-6-5-7-13-27)36(44)41(30-18-19-30)24-29-23-39(20-11-21-46-4)33-17-9-8-16-32(29)33;1-21-8-6-12-25(22(21)2)20-32(26-14-15-26)29(33)28-19-30-16-17-31(28)27-13-7-11-24(18-27)23-9-4-3-5-10-23/h5-10,12-17,22-23,30,34H,11,18-21,24-26H2,1-4H3;3-13,18,26,28,30H,14-17,19-20H2,1-2H3. The van der Waals surface area contributed by atoms with Gasteiger partial charge in [0.2, 0.25) is 17.7 Å². The molecule has 4 fully saturated rings. The van der Waals surface area contributed by atoms with Crippen LogP contribution in [0.15, 0.2) is 158 Å². The number of rotatable bonds is 16. The van der Waals surface area contributed by atoms with Crippen molar-refractivity contribution in [1.82, 2.24) is 24.6 Å². The van der Waals surface area contributed by atoms with Gasteiger partial charge in [0.25, 0.3) is 0 Å². The van der Waals surface area contributed by atoms with Crippen LogP contribution >= 0.6 is 0 Å². The fourth-order valence-corrected chi connectivity index (χ4v) is 11.2. The number of para-hydroxylation sites is 1. The van der Waals surface area contributed by atoms with E-state index in [1.165, 1.54) is 32.7 Å². The number of aromatic nitrogens is 1. The van der Waals surface area contributed by atoms with Gasteiger partial charge in [-0.25, -0.2) is 4.79 Å². The van der Waals surface area contributed by atoms with Crippen LogP contribution in [0.4, 0.5) is 16.2 Å². The number of fused-ring (bicyclic) bond motifs is 1. The van der Waals surface area contributed by atoms with Crippen LogP contribution in [-0.4, -0.2) is 119 Å². The van der Waals surface area contributed by atoms with Crippen LogP contribution in [0.1, 0.15) is 75.1 Å². The van der Waals surface area contributed by atoms with E-state index in [4.69, 9.17) is 9.47 Å². The molecule has 2 saturated heterocycles. The number of ether oxygens (including phenoxy) is 2. The summed E-state index contributed by atoms with van der Waals surface area (Å²) in [4.78, 5) is 65.4. The lowest BCUT2D eigenvalue weighted by molar-refractivity contribution is -0.138. The molecule has 2 aliphatic heterocycles. The summed E-state index contributed by atoms with van der Waals surface area (Å²) in [7, 11) is 1.71. The summed E-state index contributed by atoms with van der Waals surface area (Å²) in [5, 5.41) is 4.57. The molecule has 7 aromatic rings. The topological polar surface area (TPSA) is 120 Å². The second-order valence-corrected chi connectivity index (χ2v) is 22.9. The highest BCUT2D eigenvalue weighted by molar-refractivity contribution is 6.05. The minimum absolute atomic E-state index is 0.0387. The third kappa shape index (κ3) is 13.1. The third-order valence-electron chi connectivity index (χ3n) is 15.8. The van der Waals surface area contributed by atoms with Crippen molar-refractivity contribution < 1.29 is 28.7 Å². The van der Waals surface area contributed by atoms with Crippen LogP contribution in [0.25, 0.3) is 33.2 Å². The molecular formula is C67H77N7O6. The van der Waals surface area contributed by atoms with Crippen LogP contribution in [0.2, 0.25) is 0 Å². The number of amides is 4. The number of anilines is 2. The number of carbonyl (C=O) groups excluding carboxylic acids is 4. The molecule has 0 spiro atoms. The maximum atomic E-state index is 14.8. The fraction of sp³-hybridized carbons (Fsp3) is 0.373. The van der Waals surface area contributed by atoms with Gasteiger partial charge in [-0.3, -0.25) is 24.2 Å². The molecule has 2 saturated carbocycles. The van der Waals surface area contributed by atoms with Crippen molar-refractivity contribution in [2.24, 2.45) is 0 Å². The quantitative estimate of drug-likeness (QED) is 0.0950. The maximum Gasteiger partial charge on any atom is 0.410 e. The average Bonchev–Trinajstić information content (AvgIpc) is 4.44. The zero-order valence-electron chi connectivity index (χ0n) is 47.4. The molecule has 11 rings (SSSR count). The molecule has 4 aliphatic rings. The molecule has 1 aromatic heterocycles. The first kappa shape index (κ1) is 55.6. The van der Waals surface area contributed by atoms with E-state index in [1.807, 2.05) is 77.7 Å². The smallest absolute Gasteiger partial charge is 0.410 e. The molecule has 416 valence electrons. The van der Waals surface area contributed by atoms with Crippen LogP contribution in [-0.2, 0) is 43.5 Å². The average molecular weight is 1080 g/mol. The highest BCUT2D eigenvalue weighted by Gasteiger charge is 2.46. The number of carbonyl (C=O) groups is 4. The van der Waals surface area contributed by atoms with E-state index in [0.717, 1.165) is 85.0 Å². The van der Waals surface area contributed by atoms with Gasteiger partial charge in [0.05, 0.1) is 6.54 Å². The summed E-state index contributed by atoms with van der Waals surface area (Å²) in [5.41, 5.74) is 11.4. The van der Waals surface area contributed by atoms with Gasteiger partial charge in [-0.2, -0.15) is 0 Å². The molecule has 0 bridgehead atoms. The molecule has 0 radical (unpaired) electrons. The Bertz CT molecular complexity index is 3290. The number of benzene rings is 6. The molecule has 4 amide bonds. The Morgan fingerprint density at radius 3 is 1.88 bits per heavy atom. The van der Waals surface area contributed by atoms with E-state index in [0.29, 0.717) is 38.0 Å². The van der Waals surface area contributed by atoms with Crippen molar-refractivity contribution >= 4 is 46.1 Å². The number of methoxy groups -OCH3 is 1. The number of hydrogen-bond donors (Lipinski definition) is 1. The highest BCUT2D eigenvalue weighted by atomic mass is 16.6. The highest BCUT2D eigenvalue weighted by Crippen LogP contribution is 2.36. The molecule has 13 heteroatoms. The van der Waals surface area contributed by atoms with Gasteiger partial charge < -0.3 is 34.1 Å². The maximum absolute atomic E-state index is 14.8. The summed E-state index contributed by atoms with van der Waals surface area (Å²) < 4.78 is 13.2. The predicted molar refractivity (Wildman–Crippen MR) is 318 cm³/mol. The van der Waals surface area contributed by atoms with Crippen molar-refractivity contribution in [3.8, 4) is 22.3 Å². The number of aryl methyl sites for hydroxylation is 2. The zero-order valence-corrected chi connectivity index (χ0v) is 47.4. The summed E-state index contributed by atoms with van der Waals surface area (Å²) in [6.07, 6.45) is 6.44. The molecule has 13 nitrogen and oxygen atoms in total. The van der Waals surface area contributed by atoms with Crippen LogP contribution in [0, 0.1) is 13.8 Å². The van der Waals surface area contributed by atoms with Gasteiger partial charge in [-0.1, -0.05) is 121 Å². The van der Waals surface area contributed by atoms with E-state index in [1.54, 1.807) is 32.8 Å². The Morgan fingerprint density at radius 1 is 0.662 bits per heavy atom. The first-order valence-electron chi connectivity index (χ1n) is 28.5. The molecule has 2 aliphatic carbocycles. The SMILES string of the molecule is COCCCn1cc(CN(C(=O)C2CN(C(=O)OC(C)(C)C)CC(=O)N2c2cccc(-c3ccccc3)c2)C2CC2)c2ccccc21.Cc1cccc(CN(C(=O)C2CNCCN2c2cccc(-c3ccccc3)c2)C2CC2)c1C. The zero-order chi connectivity index (χ0) is 55.9. The first-order valence-corrected chi connectivity index (χ1v) is 28.5. The Kier molecular flexibility index (Phi) is 17.2. The summed E-state index contributed by atoms with van der Waals surface area (Å²) >= 11 is 0. The van der Waals surface area contributed by atoms with E-state index < -0.39 is 17.7 Å². The molecule has 2 atom stereocenters. The predicted octanol–water partition coefficient (Wildman–Crippen LogP) is 11.4. The normalized spacial score (nSPS) is 17.4. The van der Waals surface area contributed by atoms with E-state index in [2.05, 4.69) is 119 Å². The van der Waals surface area contributed by atoms with Crippen molar-refractivity contribution in [2.45, 2.75) is 116 Å². The largest absolute Gasteiger partial charge is 0.444 e. The van der Waals surface area contributed by atoms with E-state index >= 15 is 0 Å². The van der Waals surface area contributed by atoms with Crippen LogP contribution in [0.3, 0.4) is 0 Å². The first-order chi connectivity index (χ1) is 38.7. The van der Waals surface area contributed by atoms with Crippen LogP contribution in [0.5, 0.6) is 0 Å². The van der Waals surface area contributed by atoms with Crippen molar-refractivity contribution in [3.05, 3.63) is 180 Å². The summed E-state index contributed by atoms with van der Waals surface area (Å²) in [6, 6.07) is 50.8. The molecule has 1 N–H and O–H groups in total. The summed E-state index contributed by atoms with van der Waals surface area (Å²) in [6.45, 7) is 14.5. The van der Waals surface area contributed by atoms with Gasteiger partial charge in [0, 0.05) is 93.5 Å². The lowest BCUT2D eigenvalue weighted by atomic mass is 10.0. The summed E-state index contributed by atoms with van der Waals surface area (Å²) in [5.74, 6) is -0.248. The van der Waals surface area contributed by atoms with Crippen molar-refractivity contribution in [2.75, 3.05) is 56.2 Å². The molecule has 80 heavy (non-hydrogen) atoms. The van der Waals surface area contributed by atoms with E-state index in [9.17, 15) is 19.2 Å². The van der Waals surface area contributed by atoms with Gasteiger partial charge in [-0.05, 0) is 142 Å². The Morgan fingerprint density at radius 2 is 1.24 bits per heavy atom. The third-order valence-corrected chi connectivity index (χ3v) is 15.8. The number of piperazine rings is 2. The van der Waals surface area contributed by atoms with E-state index in [-0.39, 0.29) is 42.9 Å².